The van der Waals surface area contributed by atoms with E-state index in [9.17, 15) is 0 Å². The summed E-state index contributed by atoms with van der Waals surface area (Å²) >= 11 is 0. The smallest absolute Gasteiger partial charge is 0.104 e. The van der Waals surface area contributed by atoms with Crippen LogP contribution >= 0.6 is 0 Å². The molecule has 0 amide bonds. The molecular weight excluding hydrogens is 284 g/mol. The minimum atomic E-state index is 0.360. The van der Waals surface area contributed by atoms with E-state index in [0.717, 1.165) is 28.2 Å². The van der Waals surface area contributed by atoms with Gasteiger partial charge in [0.2, 0.25) is 0 Å². The van der Waals surface area contributed by atoms with Crippen LogP contribution in [0.1, 0.15) is 28.1 Å². The van der Waals surface area contributed by atoms with Crippen LogP contribution in [0.2, 0.25) is 0 Å². The first-order valence-electron chi connectivity index (χ1n) is 7.64. The summed E-state index contributed by atoms with van der Waals surface area (Å²) in [7, 11) is 0. The van der Waals surface area contributed by atoms with Gasteiger partial charge in [-0.25, -0.2) is 4.68 Å². The van der Waals surface area contributed by atoms with E-state index in [2.05, 4.69) is 60.6 Å². The normalized spacial score (nSPS) is 11.3. The van der Waals surface area contributed by atoms with Gasteiger partial charge >= 0.3 is 0 Å². The Balaban J connectivity index is 2.07. The molecule has 0 aliphatic rings. The van der Waals surface area contributed by atoms with Crippen molar-refractivity contribution in [3.8, 4) is 5.69 Å². The molecule has 3 rings (SSSR count). The highest BCUT2D eigenvalue weighted by Crippen LogP contribution is 2.20. The Morgan fingerprint density at radius 2 is 1.83 bits per heavy atom. The highest BCUT2D eigenvalue weighted by molar-refractivity contribution is 5.70. The maximum absolute atomic E-state index is 5.83. The summed E-state index contributed by atoms with van der Waals surface area (Å²) in [5, 5.41) is 8.54. The first-order chi connectivity index (χ1) is 11.2. The summed E-state index contributed by atoms with van der Waals surface area (Å²) in [4.78, 5) is 0. The second-order valence-corrected chi connectivity index (χ2v) is 5.57. The zero-order chi connectivity index (χ0) is 16.2. The molecule has 116 valence electrons. The monoisotopic (exact) mass is 304 g/mol. The lowest BCUT2D eigenvalue weighted by atomic mass is 10.1. The SMILES string of the molecule is Cc1ccc(C)c(-n2nnc(CN)c2/C=C/c2ccccc2)c1. The molecule has 4 heteroatoms. The molecule has 23 heavy (non-hydrogen) atoms. The van der Waals surface area contributed by atoms with Gasteiger partial charge < -0.3 is 5.73 Å². The lowest BCUT2D eigenvalue weighted by Gasteiger charge is -2.09. The third-order valence-electron chi connectivity index (χ3n) is 3.80. The van der Waals surface area contributed by atoms with Gasteiger partial charge in [-0.2, -0.15) is 0 Å². The first-order valence-corrected chi connectivity index (χ1v) is 7.64. The van der Waals surface area contributed by atoms with Crippen molar-refractivity contribution >= 4 is 12.2 Å². The predicted octanol–water partition coefficient (Wildman–Crippen LogP) is 3.51. The van der Waals surface area contributed by atoms with Gasteiger partial charge in [-0.1, -0.05) is 53.8 Å². The number of benzene rings is 2. The maximum Gasteiger partial charge on any atom is 0.104 e. The lowest BCUT2D eigenvalue weighted by Crippen LogP contribution is -2.04. The number of hydrogen-bond acceptors (Lipinski definition) is 3. The van der Waals surface area contributed by atoms with Crippen LogP contribution in [0.15, 0.2) is 48.5 Å². The third kappa shape index (κ3) is 3.22. The Labute approximate surface area is 136 Å². The van der Waals surface area contributed by atoms with E-state index in [1.165, 1.54) is 5.56 Å². The predicted molar refractivity (Wildman–Crippen MR) is 94.1 cm³/mol. The van der Waals surface area contributed by atoms with Gasteiger partial charge in [-0.3, -0.25) is 0 Å². The summed E-state index contributed by atoms with van der Waals surface area (Å²) in [6, 6.07) is 16.5. The molecular formula is C19H20N4. The van der Waals surface area contributed by atoms with Crippen molar-refractivity contribution in [2.75, 3.05) is 0 Å². The third-order valence-corrected chi connectivity index (χ3v) is 3.80. The van der Waals surface area contributed by atoms with Crippen molar-refractivity contribution in [1.29, 1.82) is 0 Å². The maximum atomic E-state index is 5.83. The molecule has 0 atom stereocenters. The fourth-order valence-electron chi connectivity index (χ4n) is 2.50. The van der Waals surface area contributed by atoms with Crippen molar-refractivity contribution in [2.24, 2.45) is 5.73 Å². The van der Waals surface area contributed by atoms with Crippen LogP contribution in [-0.2, 0) is 6.54 Å². The Morgan fingerprint density at radius 3 is 2.57 bits per heavy atom. The van der Waals surface area contributed by atoms with Crippen LogP contribution < -0.4 is 5.73 Å². The summed E-state index contributed by atoms with van der Waals surface area (Å²) < 4.78 is 1.87. The Morgan fingerprint density at radius 1 is 1.04 bits per heavy atom. The van der Waals surface area contributed by atoms with E-state index in [1.54, 1.807) is 0 Å². The summed E-state index contributed by atoms with van der Waals surface area (Å²) in [6.45, 7) is 4.51. The van der Waals surface area contributed by atoms with Gasteiger partial charge in [0.1, 0.15) is 5.69 Å². The molecule has 0 aliphatic heterocycles. The minimum Gasteiger partial charge on any atom is -0.325 e. The van der Waals surface area contributed by atoms with Crippen LogP contribution in [0.5, 0.6) is 0 Å². The summed E-state index contributed by atoms with van der Waals surface area (Å²) in [6.07, 6.45) is 4.08. The van der Waals surface area contributed by atoms with Crippen LogP contribution in [0, 0.1) is 13.8 Å². The highest BCUT2D eigenvalue weighted by Gasteiger charge is 2.12. The first kappa shape index (κ1) is 15.2. The van der Waals surface area contributed by atoms with Crippen molar-refractivity contribution < 1.29 is 0 Å². The van der Waals surface area contributed by atoms with Crippen molar-refractivity contribution in [3.05, 3.63) is 76.6 Å². The van der Waals surface area contributed by atoms with Gasteiger partial charge in [0.15, 0.2) is 0 Å². The number of nitrogens with two attached hydrogens (primary N) is 1. The molecule has 1 aromatic heterocycles. The molecule has 2 aromatic carbocycles. The number of aromatic nitrogens is 3. The van der Waals surface area contributed by atoms with Gasteiger partial charge in [-0.05, 0) is 42.7 Å². The van der Waals surface area contributed by atoms with E-state index < -0.39 is 0 Å². The summed E-state index contributed by atoms with van der Waals surface area (Å²) in [5.74, 6) is 0. The van der Waals surface area contributed by atoms with Crippen LogP contribution in [0.25, 0.3) is 17.8 Å². The van der Waals surface area contributed by atoms with E-state index in [1.807, 2.05) is 29.0 Å². The number of nitrogens with zero attached hydrogens (tertiary/aromatic N) is 3. The average Bonchev–Trinajstić information content (AvgIpc) is 2.99. The van der Waals surface area contributed by atoms with E-state index in [0.29, 0.717) is 6.54 Å². The number of aryl methyl sites for hydroxylation is 2. The largest absolute Gasteiger partial charge is 0.325 e. The van der Waals surface area contributed by atoms with Gasteiger partial charge in [0, 0.05) is 6.54 Å². The molecule has 0 unspecified atom stereocenters. The van der Waals surface area contributed by atoms with E-state index in [4.69, 9.17) is 5.73 Å². The zero-order valence-electron chi connectivity index (χ0n) is 13.4. The molecule has 1 heterocycles. The molecule has 0 spiro atoms. The highest BCUT2D eigenvalue weighted by atomic mass is 15.4. The fraction of sp³-hybridized carbons (Fsp3) is 0.158. The molecule has 0 aliphatic carbocycles. The standard InChI is InChI=1S/C19H20N4/c1-14-8-9-15(2)19(12-14)23-18(17(13-20)21-22-23)11-10-16-6-4-3-5-7-16/h3-12H,13,20H2,1-2H3/b11-10+. The second kappa shape index (κ2) is 6.58. The van der Waals surface area contributed by atoms with Crippen LogP contribution in [-0.4, -0.2) is 15.0 Å². The topological polar surface area (TPSA) is 56.7 Å². The molecule has 4 nitrogen and oxygen atoms in total. The number of hydrogen-bond donors (Lipinski definition) is 1. The second-order valence-electron chi connectivity index (χ2n) is 5.57. The van der Waals surface area contributed by atoms with Crippen LogP contribution in [0.3, 0.4) is 0 Å². The molecule has 2 N–H and O–H groups in total. The van der Waals surface area contributed by atoms with Gasteiger partial charge in [-0.15, -0.1) is 5.10 Å². The van der Waals surface area contributed by atoms with E-state index in [-0.39, 0.29) is 0 Å². The molecule has 0 saturated carbocycles. The van der Waals surface area contributed by atoms with Crippen molar-refractivity contribution in [1.82, 2.24) is 15.0 Å². The van der Waals surface area contributed by atoms with Crippen molar-refractivity contribution in [3.63, 3.8) is 0 Å². The Hall–Kier alpha value is -2.72. The zero-order valence-corrected chi connectivity index (χ0v) is 13.4. The van der Waals surface area contributed by atoms with Gasteiger partial charge in [0.25, 0.3) is 0 Å². The average molecular weight is 304 g/mol. The quantitative estimate of drug-likeness (QED) is 0.802. The van der Waals surface area contributed by atoms with Crippen LogP contribution in [0.4, 0.5) is 0 Å². The van der Waals surface area contributed by atoms with Gasteiger partial charge in [0.05, 0.1) is 11.4 Å². The molecule has 0 fully saturated rings. The minimum absolute atomic E-state index is 0.360. The molecule has 0 bridgehead atoms. The molecule has 0 radical (unpaired) electrons. The fourth-order valence-corrected chi connectivity index (χ4v) is 2.50. The van der Waals surface area contributed by atoms with E-state index >= 15 is 0 Å². The molecule has 0 saturated heterocycles. The molecule has 3 aromatic rings. The van der Waals surface area contributed by atoms with Crippen molar-refractivity contribution in [2.45, 2.75) is 20.4 Å². The Kier molecular flexibility index (Phi) is 4.35. The lowest BCUT2D eigenvalue weighted by molar-refractivity contribution is 0.788. The Bertz CT molecular complexity index is 832. The summed E-state index contributed by atoms with van der Waals surface area (Å²) in [5.41, 5.74) is 12.0. The number of rotatable bonds is 4.